The fraction of sp³-hybridized carbons (Fsp3) is 0.533. The average molecular weight is 321 g/mol. The van der Waals surface area contributed by atoms with Crippen molar-refractivity contribution < 1.29 is 13.6 Å². The molecule has 0 heterocycles. The second-order valence-electron chi connectivity index (χ2n) is 5.23. The summed E-state index contributed by atoms with van der Waals surface area (Å²) in [6.45, 7) is 2.76. The number of amides is 1. The van der Waals surface area contributed by atoms with E-state index in [9.17, 15) is 13.6 Å². The van der Waals surface area contributed by atoms with E-state index in [1.54, 1.807) is 0 Å². The summed E-state index contributed by atoms with van der Waals surface area (Å²) >= 11 is 0. The second-order valence-corrected chi connectivity index (χ2v) is 5.23. The van der Waals surface area contributed by atoms with Crippen molar-refractivity contribution in [1.82, 2.24) is 5.32 Å². The van der Waals surface area contributed by atoms with Crippen molar-refractivity contribution in [3.8, 4) is 0 Å². The molecule has 0 fully saturated rings. The van der Waals surface area contributed by atoms with E-state index < -0.39 is 19.0 Å². The Labute approximate surface area is 130 Å². The molecule has 21 heavy (non-hydrogen) atoms. The second kappa shape index (κ2) is 8.95. The van der Waals surface area contributed by atoms with E-state index in [1.165, 1.54) is 5.56 Å². The number of aryl methyl sites for hydroxylation is 1. The van der Waals surface area contributed by atoms with Crippen molar-refractivity contribution in [2.24, 2.45) is 5.73 Å². The summed E-state index contributed by atoms with van der Waals surface area (Å²) in [5.74, 6) is -2.95. The van der Waals surface area contributed by atoms with Crippen LogP contribution in [0, 0.1) is 0 Å². The van der Waals surface area contributed by atoms with Gasteiger partial charge in [-0.15, -0.1) is 12.4 Å². The van der Waals surface area contributed by atoms with Gasteiger partial charge in [0, 0.05) is 6.42 Å². The molecule has 0 aliphatic heterocycles. The Kier molecular flexibility index (Phi) is 8.44. The van der Waals surface area contributed by atoms with Crippen LogP contribution >= 0.6 is 12.4 Å². The fourth-order valence-corrected chi connectivity index (χ4v) is 1.72. The standard InChI is InChI=1S/C15H22F2N2O.ClH/c1-11(2)13-6-3-12(4-7-13)5-8-14(20)19-10-15(16,17)9-18;/h3-4,6-7,11H,5,8-10,18H2,1-2H3,(H,19,20);1H. The smallest absolute Gasteiger partial charge is 0.277 e. The summed E-state index contributed by atoms with van der Waals surface area (Å²) in [6.07, 6.45) is 0.736. The van der Waals surface area contributed by atoms with E-state index in [0.29, 0.717) is 12.3 Å². The minimum absolute atomic E-state index is 0. The first kappa shape index (κ1) is 19.8. The Morgan fingerprint density at radius 1 is 1.29 bits per heavy atom. The maximum atomic E-state index is 12.9. The van der Waals surface area contributed by atoms with Gasteiger partial charge in [0.25, 0.3) is 5.92 Å². The third-order valence-corrected chi connectivity index (χ3v) is 3.13. The Balaban J connectivity index is 0.00000400. The lowest BCUT2D eigenvalue weighted by Crippen LogP contribution is -2.41. The monoisotopic (exact) mass is 320 g/mol. The molecule has 0 bridgehead atoms. The third-order valence-electron chi connectivity index (χ3n) is 3.13. The third kappa shape index (κ3) is 7.39. The van der Waals surface area contributed by atoms with Crippen LogP contribution in [0.3, 0.4) is 0 Å². The summed E-state index contributed by atoms with van der Waals surface area (Å²) in [5, 5.41) is 2.20. The highest BCUT2D eigenvalue weighted by atomic mass is 35.5. The molecule has 0 atom stereocenters. The summed E-state index contributed by atoms with van der Waals surface area (Å²) in [6, 6.07) is 8.00. The first-order chi connectivity index (χ1) is 9.34. The van der Waals surface area contributed by atoms with Crippen molar-refractivity contribution in [1.29, 1.82) is 0 Å². The largest absolute Gasteiger partial charge is 0.350 e. The summed E-state index contributed by atoms with van der Waals surface area (Å²) in [5.41, 5.74) is 7.15. The van der Waals surface area contributed by atoms with Crippen LogP contribution < -0.4 is 11.1 Å². The number of nitrogens with two attached hydrogens (primary N) is 1. The zero-order valence-electron chi connectivity index (χ0n) is 12.4. The van der Waals surface area contributed by atoms with Gasteiger partial charge in [-0.25, -0.2) is 8.78 Å². The van der Waals surface area contributed by atoms with Crippen molar-refractivity contribution >= 4 is 18.3 Å². The van der Waals surface area contributed by atoms with E-state index in [0.717, 1.165) is 5.56 Å². The maximum Gasteiger partial charge on any atom is 0.277 e. The number of halogens is 3. The first-order valence-corrected chi connectivity index (χ1v) is 6.77. The molecule has 0 aliphatic carbocycles. The molecule has 3 N–H and O–H groups in total. The molecule has 0 unspecified atom stereocenters. The van der Waals surface area contributed by atoms with Crippen LogP contribution in [0.25, 0.3) is 0 Å². The van der Waals surface area contributed by atoms with Gasteiger partial charge in [-0.2, -0.15) is 0 Å². The highest BCUT2D eigenvalue weighted by Gasteiger charge is 2.26. The van der Waals surface area contributed by atoms with Crippen LogP contribution in [0.5, 0.6) is 0 Å². The maximum absolute atomic E-state index is 12.9. The average Bonchev–Trinajstić information content (AvgIpc) is 2.43. The molecule has 0 saturated heterocycles. The number of hydrogen-bond acceptors (Lipinski definition) is 2. The van der Waals surface area contributed by atoms with Crippen LogP contribution in [-0.4, -0.2) is 24.9 Å². The van der Waals surface area contributed by atoms with E-state index in [1.807, 2.05) is 24.3 Å². The van der Waals surface area contributed by atoms with Crippen LogP contribution in [0.1, 0.15) is 37.3 Å². The summed E-state index contributed by atoms with van der Waals surface area (Å²) in [7, 11) is 0. The van der Waals surface area contributed by atoms with Gasteiger partial charge in [-0.1, -0.05) is 38.1 Å². The highest BCUT2D eigenvalue weighted by Crippen LogP contribution is 2.15. The zero-order valence-corrected chi connectivity index (χ0v) is 13.2. The number of rotatable bonds is 7. The van der Waals surface area contributed by atoms with E-state index in [2.05, 4.69) is 19.2 Å². The van der Waals surface area contributed by atoms with Crippen LogP contribution in [0.4, 0.5) is 8.78 Å². The Hall–Kier alpha value is -1.20. The normalized spacial score (nSPS) is 11.1. The molecule has 6 heteroatoms. The lowest BCUT2D eigenvalue weighted by Gasteiger charge is -2.14. The number of benzene rings is 1. The molecule has 0 radical (unpaired) electrons. The van der Waals surface area contributed by atoms with Crippen LogP contribution in [0.15, 0.2) is 24.3 Å². The zero-order chi connectivity index (χ0) is 15.2. The van der Waals surface area contributed by atoms with Crippen molar-refractivity contribution in [3.63, 3.8) is 0 Å². The van der Waals surface area contributed by atoms with Gasteiger partial charge < -0.3 is 11.1 Å². The van der Waals surface area contributed by atoms with Gasteiger partial charge in [0.05, 0.1) is 13.1 Å². The quantitative estimate of drug-likeness (QED) is 0.811. The van der Waals surface area contributed by atoms with E-state index >= 15 is 0 Å². The lowest BCUT2D eigenvalue weighted by atomic mass is 10.0. The van der Waals surface area contributed by atoms with Gasteiger partial charge in [-0.3, -0.25) is 4.79 Å². The molecule has 3 nitrogen and oxygen atoms in total. The van der Waals surface area contributed by atoms with Gasteiger partial charge in [0.2, 0.25) is 5.91 Å². The lowest BCUT2D eigenvalue weighted by molar-refractivity contribution is -0.122. The van der Waals surface area contributed by atoms with Gasteiger partial charge in [0.1, 0.15) is 0 Å². The number of hydrogen-bond donors (Lipinski definition) is 2. The Morgan fingerprint density at radius 2 is 1.86 bits per heavy atom. The van der Waals surface area contributed by atoms with E-state index in [-0.39, 0.29) is 24.7 Å². The molecule has 0 aromatic heterocycles. The van der Waals surface area contributed by atoms with Crippen LogP contribution in [-0.2, 0) is 11.2 Å². The molecule has 0 saturated carbocycles. The Morgan fingerprint density at radius 3 is 2.33 bits per heavy atom. The Bertz CT molecular complexity index is 436. The molecule has 0 aliphatic rings. The number of alkyl halides is 2. The van der Waals surface area contributed by atoms with Crippen molar-refractivity contribution in [2.75, 3.05) is 13.1 Å². The van der Waals surface area contributed by atoms with Crippen molar-refractivity contribution in [3.05, 3.63) is 35.4 Å². The van der Waals surface area contributed by atoms with E-state index in [4.69, 9.17) is 5.73 Å². The minimum Gasteiger partial charge on any atom is -0.350 e. The SMILES string of the molecule is CC(C)c1ccc(CCC(=O)NCC(F)(F)CN)cc1.Cl. The predicted octanol–water partition coefficient (Wildman–Crippen LogP) is 2.87. The number of nitrogens with one attached hydrogen (secondary N) is 1. The van der Waals surface area contributed by atoms with Gasteiger partial charge >= 0.3 is 0 Å². The summed E-state index contributed by atoms with van der Waals surface area (Å²) < 4.78 is 25.7. The highest BCUT2D eigenvalue weighted by molar-refractivity contribution is 5.85. The van der Waals surface area contributed by atoms with Gasteiger partial charge in [-0.05, 0) is 23.5 Å². The fourth-order valence-electron chi connectivity index (χ4n) is 1.72. The van der Waals surface area contributed by atoms with Crippen LogP contribution in [0.2, 0.25) is 0 Å². The number of carbonyl (C=O) groups excluding carboxylic acids is 1. The molecule has 1 aromatic carbocycles. The summed E-state index contributed by atoms with van der Waals surface area (Å²) in [4.78, 5) is 11.5. The minimum atomic E-state index is -3.03. The molecule has 0 spiro atoms. The molecule has 1 aromatic rings. The molecular weight excluding hydrogens is 298 g/mol. The molecular formula is C15H23ClF2N2O. The topological polar surface area (TPSA) is 55.1 Å². The molecule has 1 amide bonds. The van der Waals surface area contributed by atoms with Gasteiger partial charge in [0.15, 0.2) is 0 Å². The number of carbonyl (C=O) groups is 1. The molecule has 120 valence electrons. The predicted molar refractivity (Wildman–Crippen MR) is 83.1 cm³/mol. The first-order valence-electron chi connectivity index (χ1n) is 6.77. The van der Waals surface area contributed by atoms with Crippen molar-refractivity contribution in [2.45, 2.75) is 38.5 Å². The molecule has 1 rings (SSSR count).